The maximum atomic E-state index is 12.5. The molecule has 31 heavy (non-hydrogen) atoms. The van der Waals surface area contributed by atoms with Crippen LogP contribution in [0, 0.1) is 0 Å². The Labute approximate surface area is 180 Å². The fourth-order valence-corrected chi connectivity index (χ4v) is 3.75. The second-order valence-corrected chi connectivity index (χ2v) is 7.65. The van der Waals surface area contributed by atoms with Crippen LogP contribution in [0.3, 0.4) is 0 Å². The van der Waals surface area contributed by atoms with Crippen molar-refractivity contribution in [2.24, 2.45) is 0 Å². The third-order valence-corrected chi connectivity index (χ3v) is 5.52. The lowest BCUT2D eigenvalue weighted by molar-refractivity contribution is 0.117. The number of aromatic nitrogens is 3. The van der Waals surface area contributed by atoms with Gasteiger partial charge < -0.3 is 15.0 Å². The minimum atomic E-state index is -0.0584. The quantitative estimate of drug-likeness (QED) is 0.522. The Balaban J connectivity index is 1.11. The first-order chi connectivity index (χ1) is 15.3. The number of fused-ring (bicyclic) bond motifs is 1. The summed E-state index contributed by atoms with van der Waals surface area (Å²) in [6, 6.07) is 24.1. The average molecular weight is 413 g/mol. The topological polar surface area (TPSA) is 72.3 Å². The van der Waals surface area contributed by atoms with Gasteiger partial charge in [0.25, 0.3) is 0 Å². The van der Waals surface area contributed by atoms with Gasteiger partial charge in [-0.05, 0) is 28.5 Å². The van der Waals surface area contributed by atoms with Crippen LogP contribution in [-0.4, -0.2) is 39.0 Å². The molecule has 2 heterocycles. The lowest BCUT2D eigenvalue weighted by atomic mass is 10.0. The van der Waals surface area contributed by atoms with Crippen molar-refractivity contribution in [1.29, 1.82) is 0 Å². The molecule has 0 atom stereocenters. The minimum absolute atomic E-state index is 0.0584. The van der Waals surface area contributed by atoms with Crippen LogP contribution in [0.25, 0.3) is 10.8 Å². The van der Waals surface area contributed by atoms with Crippen LogP contribution >= 0.6 is 0 Å². The number of ether oxygens (including phenoxy) is 1. The Morgan fingerprint density at radius 3 is 2.65 bits per heavy atom. The molecule has 156 valence electrons. The van der Waals surface area contributed by atoms with Crippen LogP contribution in [0.1, 0.15) is 17.3 Å². The second kappa shape index (κ2) is 8.47. The number of benzene rings is 3. The zero-order valence-corrected chi connectivity index (χ0v) is 17.0. The van der Waals surface area contributed by atoms with E-state index in [4.69, 9.17) is 4.74 Å². The van der Waals surface area contributed by atoms with Crippen molar-refractivity contribution < 1.29 is 9.53 Å². The van der Waals surface area contributed by atoms with Gasteiger partial charge in [0, 0.05) is 19.6 Å². The number of amides is 2. The monoisotopic (exact) mass is 413 g/mol. The number of urea groups is 1. The van der Waals surface area contributed by atoms with E-state index in [2.05, 4.69) is 39.9 Å². The van der Waals surface area contributed by atoms with Crippen molar-refractivity contribution in [2.45, 2.75) is 19.2 Å². The molecule has 0 spiro atoms. The summed E-state index contributed by atoms with van der Waals surface area (Å²) in [6.45, 7) is 2.10. The first-order valence-corrected chi connectivity index (χ1v) is 10.3. The Kier molecular flexibility index (Phi) is 5.22. The largest absolute Gasteiger partial charge is 0.487 e. The van der Waals surface area contributed by atoms with Gasteiger partial charge in [-0.15, -0.1) is 5.10 Å². The van der Waals surface area contributed by atoms with E-state index in [1.54, 1.807) is 4.90 Å². The average Bonchev–Trinajstić information content (AvgIpc) is 3.24. The molecule has 3 aromatic carbocycles. The smallest absolute Gasteiger partial charge is 0.317 e. The van der Waals surface area contributed by atoms with E-state index in [1.165, 1.54) is 10.8 Å². The molecule has 5 rings (SSSR count). The first-order valence-electron chi connectivity index (χ1n) is 10.3. The number of likely N-dealkylation sites (tertiary alicyclic amines) is 1. The van der Waals surface area contributed by atoms with Gasteiger partial charge in [-0.25, -0.2) is 9.48 Å². The number of para-hydroxylation sites is 1. The molecule has 1 N–H and O–H groups in total. The molecule has 1 aliphatic heterocycles. The molecular weight excluding hydrogens is 390 g/mol. The van der Waals surface area contributed by atoms with Crippen LogP contribution in [-0.2, 0) is 13.2 Å². The number of rotatable bonds is 6. The highest BCUT2D eigenvalue weighted by Crippen LogP contribution is 2.22. The Bertz CT molecular complexity index is 1180. The van der Waals surface area contributed by atoms with Crippen molar-refractivity contribution in [3.05, 3.63) is 90.3 Å². The highest BCUT2D eigenvalue weighted by atomic mass is 16.5. The molecule has 0 radical (unpaired) electrons. The summed E-state index contributed by atoms with van der Waals surface area (Å²) in [5.74, 6) is 0.801. The van der Waals surface area contributed by atoms with Crippen LogP contribution in [0.5, 0.6) is 5.75 Å². The van der Waals surface area contributed by atoms with Crippen molar-refractivity contribution in [1.82, 2.24) is 25.2 Å². The van der Waals surface area contributed by atoms with Crippen molar-refractivity contribution in [2.75, 3.05) is 13.1 Å². The minimum Gasteiger partial charge on any atom is -0.487 e. The number of hydrogen-bond donors (Lipinski definition) is 1. The molecule has 1 aromatic heterocycles. The molecule has 0 aliphatic carbocycles. The molecule has 0 unspecified atom stereocenters. The number of nitrogens with zero attached hydrogens (tertiary/aromatic N) is 4. The molecule has 7 nitrogen and oxygen atoms in total. The summed E-state index contributed by atoms with van der Waals surface area (Å²) in [5, 5.41) is 13.8. The van der Waals surface area contributed by atoms with Crippen LogP contribution in [0.4, 0.5) is 4.79 Å². The van der Waals surface area contributed by atoms with Crippen molar-refractivity contribution >= 4 is 16.8 Å². The van der Waals surface area contributed by atoms with Crippen molar-refractivity contribution in [3.8, 4) is 5.75 Å². The van der Waals surface area contributed by atoms with E-state index in [0.29, 0.717) is 26.2 Å². The summed E-state index contributed by atoms with van der Waals surface area (Å²) in [4.78, 5) is 14.3. The van der Waals surface area contributed by atoms with Gasteiger partial charge in [-0.3, -0.25) is 0 Å². The molecule has 0 bridgehead atoms. The van der Waals surface area contributed by atoms with Gasteiger partial charge in [-0.2, -0.15) is 0 Å². The van der Waals surface area contributed by atoms with E-state index in [-0.39, 0.29) is 12.1 Å². The SMILES string of the molecule is O=C(NCc1cccc2ccccc12)N1CC(n2cc(COc3ccccc3)nn2)C1. The lowest BCUT2D eigenvalue weighted by Crippen LogP contribution is -2.54. The zero-order chi connectivity index (χ0) is 21.0. The summed E-state index contributed by atoms with van der Waals surface area (Å²) in [5.41, 5.74) is 1.88. The van der Waals surface area contributed by atoms with Crippen LogP contribution in [0.2, 0.25) is 0 Å². The zero-order valence-electron chi connectivity index (χ0n) is 17.0. The van der Waals surface area contributed by atoms with Crippen LogP contribution < -0.4 is 10.1 Å². The predicted octanol–water partition coefficient (Wildman–Crippen LogP) is 3.78. The lowest BCUT2D eigenvalue weighted by Gasteiger charge is -2.38. The summed E-state index contributed by atoms with van der Waals surface area (Å²) >= 11 is 0. The number of carbonyl (C=O) groups excluding carboxylic acids is 1. The third-order valence-electron chi connectivity index (χ3n) is 5.52. The maximum absolute atomic E-state index is 12.5. The molecule has 4 aromatic rings. The Hall–Kier alpha value is -3.87. The standard InChI is InChI=1S/C24H23N5O2/c30-24(25-13-19-9-6-8-18-7-4-5-12-23(18)19)28-15-21(16-28)29-14-20(26-27-29)17-31-22-10-2-1-3-11-22/h1-12,14,21H,13,15-17H2,(H,25,30). The van der Waals surface area contributed by atoms with E-state index in [9.17, 15) is 4.79 Å². The summed E-state index contributed by atoms with van der Waals surface area (Å²) < 4.78 is 7.53. The second-order valence-electron chi connectivity index (χ2n) is 7.65. The molecular formula is C24H23N5O2. The van der Waals surface area contributed by atoms with Gasteiger partial charge in [0.05, 0.1) is 12.2 Å². The normalized spacial score (nSPS) is 13.7. The number of carbonyl (C=O) groups is 1. The molecule has 0 saturated carbocycles. The number of hydrogen-bond acceptors (Lipinski definition) is 4. The van der Waals surface area contributed by atoms with Gasteiger partial charge in [0.1, 0.15) is 18.1 Å². The van der Waals surface area contributed by atoms with Gasteiger partial charge in [0.2, 0.25) is 0 Å². The fourth-order valence-electron chi connectivity index (χ4n) is 3.75. The molecule has 1 saturated heterocycles. The maximum Gasteiger partial charge on any atom is 0.317 e. The summed E-state index contributed by atoms with van der Waals surface area (Å²) in [7, 11) is 0. The fraction of sp³-hybridized carbons (Fsp3) is 0.208. The summed E-state index contributed by atoms with van der Waals surface area (Å²) in [6.07, 6.45) is 1.89. The molecule has 7 heteroatoms. The molecule has 1 fully saturated rings. The van der Waals surface area contributed by atoms with E-state index in [0.717, 1.165) is 17.0 Å². The van der Waals surface area contributed by atoms with Gasteiger partial charge in [0.15, 0.2) is 0 Å². The van der Waals surface area contributed by atoms with Gasteiger partial charge >= 0.3 is 6.03 Å². The Morgan fingerprint density at radius 1 is 1.00 bits per heavy atom. The predicted molar refractivity (Wildman–Crippen MR) is 118 cm³/mol. The highest BCUT2D eigenvalue weighted by molar-refractivity contribution is 5.86. The number of nitrogens with one attached hydrogen (secondary N) is 1. The van der Waals surface area contributed by atoms with Crippen molar-refractivity contribution in [3.63, 3.8) is 0 Å². The first kappa shape index (κ1) is 19.1. The van der Waals surface area contributed by atoms with E-state index < -0.39 is 0 Å². The third kappa shape index (κ3) is 4.21. The molecule has 2 amide bonds. The van der Waals surface area contributed by atoms with E-state index >= 15 is 0 Å². The Morgan fingerprint density at radius 2 is 1.77 bits per heavy atom. The van der Waals surface area contributed by atoms with Crippen LogP contribution in [0.15, 0.2) is 79.0 Å². The van der Waals surface area contributed by atoms with E-state index in [1.807, 2.05) is 59.4 Å². The van der Waals surface area contributed by atoms with Gasteiger partial charge in [-0.1, -0.05) is 65.9 Å². The highest BCUT2D eigenvalue weighted by Gasteiger charge is 2.32. The molecule has 1 aliphatic rings.